The normalized spacial score (nSPS) is 24.6. The lowest BCUT2D eigenvalue weighted by molar-refractivity contribution is -0.429. The topological polar surface area (TPSA) is 63.2 Å². The first-order valence-electron chi connectivity index (χ1n) is 12.3. The second-order valence-electron chi connectivity index (χ2n) is 10.6. The van der Waals surface area contributed by atoms with Gasteiger partial charge in [-0.3, -0.25) is 4.79 Å². The van der Waals surface area contributed by atoms with Crippen LogP contribution in [0.5, 0.6) is 0 Å². The molecule has 262 valence electrons. The fraction of sp³-hybridized carbons (Fsp3) is 0.957. The van der Waals surface area contributed by atoms with Crippen LogP contribution in [-0.4, -0.2) is 81.5 Å². The molecule has 0 N–H and O–H groups in total. The first-order chi connectivity index (χ1) is 19.5. The van der Waals surface area contributed by atoms with Gasteiger partial charge in [0.1, 0.15) is 19.2 Å². The van der Waals surface area contributed by atoms with E-state index in [1.165, 1.54) is 0 Å². The molecule has 44 heavy (non-hydrogen) atoms. The van der Waals surface area contributed by atoms with E-state index in [1.807, 2.05) is 0 Å². The average molecular weight is 686 g/mol. The van der Waals surface area contributed by atoms with Crippen LogP contribution in [0, 0.1) is 17.3 Å². The number of halogens is 15. The first-order valence-corrected chi connectivity index (χ1v) is 12.3. The summed E-state index contributed by atoms with van der Waals surface area (Å²) in [7, 11) is 1.10. The lowest BCUT2D eigenvalue weighted by atomic mass is 9.61. The van der Waals surface area contributed by atoms with Gasteiger partial charge in [0.05, 0.1) is 0 Å². The predicted octanol–water partition coefficient (Wildman–Crippen LogP) is 7.65. The van der Waals surface area contributed by atoms with Gasteiger partial charge in [0.25, 0.3) is 11.2 Å². The van der Waals surface area contributed by atoms with Crippen molar-refractivity contribution in [1.29, 1.82) is 0 Å². The van der Waals surface area contributed by atoms with E-state index >= 15 is 0 Å². The molecule has 1 saturated carbocycles. The van der Waals surface area contributed by atoms with Crippen LogP contribution in [0.2, 0.25) is 0 Å². The van der Waals surface area contributed by atoms with Crippen molar-refractivity contribution in [2.75, 3.05) is 27.8 Å². The largest absolute Gasteiger partial charge is 0.459 e. The van der Waals surface area contributed by atoms with E-state index < -0.39 is 110 Å². The zero-order valence-electron chi connectivity index (χ0n) is 23.5. The standard InChI is InChI=1S/C23H29F15O6/c1-6-16(3,19(24,25)26)14(39)44-15(2)8-12(17(20(27,28)29,21(30,31)32)42-10-40-4)7-13(9-15)18(22(33,34)35,23(36,37)38)43-11-41-5/h12-13H,6-11H2,1-5H3. The van der Waals surface area contributed by atoms with Gasteiger partial charge in [0, 0.05) is 26.1 Å². The number of methoxy groups -OCH3 is 2. The van der Waals surface area contributed by atoms with Crippen LogP contribution in [0.15, 0.2) is 0 Å². The van der Waals surface area contributed by atoms with Crippen molar-refractivity contribution in [2.24, 2.45) is 17.3 Å². The molecule has 0 aromatic rings. The van der Waals surface area contributed by atoms with E-state index in [9.17, 15) is 70.7 Å². The third-order valence-corrected chi connectivity index (χ3v) is 7.69. The van der Waals surface area contributed by atoms with Crippen molar-refractivity contribution >= 4 is 5.97 Å². The number of carbonyl (C=O) groups excluding carboxylic acids is 1. The zero-order valence-corrected chi connectivity index (χ0v) is 23.5. The van der Waals surface area contributed by atoms with E-state index in [0.717, 1.165) is 6.92 Å². The highest BCUT2D eigenvalue weighted by molar-refractivity contribution is 5.77. The Morgan fingerprint density at radius 2 is 0.977 bits per heavy atom. The van der Waals surface area contributed by atoms with Gasteiger partial charge < -0.3 is 23.7 Å². The van der Waals surface area contributed by atoms with E-state index in [1.54, 1.807) is 0 Å². The van der Waals surface area contributed by atoms with Crippen molar-refractivity contribution in [2.45, 2.75) is 94.1 Å². The maximum absolute atomic E-state index is 14.3. The summed E-state index contributed by atoms with van der Waals surface area (Å²) in [5.41, 5.74) is -17.9. The second kappa shape index (κ2) is 12.8. The molecule has 0 amide bonds. The van der Waals surface area contributed by atoms with Crippen LogP contribution >= 0.6 is 0 Å². The average Bonchev–Trinajstić information content (AvgIpc) is 2.79. The van der Waals surface area contributed by atoms with Gasteiger partial charge >= 0.3 is 36.9 Å². The SMILES string of the molecule is CCC(C)(C(=O)OC1(C)CC(C(OCOC)(C(F)(F)F)C(F)(F)F)CC(C(OCOC)(C(F)(F)F)C(F)(F)F)C1)C(F)(F)F. The molecule has 0 heterocycles. The smallest absolute Gasteiger partial charge is 0.426 e. The molecule has 3 atom stereocenters. The molecular formula is C23H29F15O6. The highest BCUT2D eigenvalue weighted by Gasteiger charge is 2.81. The number of hydrogen-bond donors (Lipinski definition) is 0. The Hall–Kier alpha value is -1.74. The zero-order chi connectivity index (χ0) is 35.0. The summed E-state index contributed by atoms with van der Waals surface area (Å²) in [5, 5.41) is 0. The lowest BCUT2D eigenvalue weighted by Gasteiger charge is -2.53. The van der Waals surface area contributed by atoms with E-state index in [-0.39, 0.29) is 6.92 Å². The predicted molar refractivity (Wildman–Crippen MR) is 115 cm³/mol. The van der Waals surface area contributed by atoms with E-state index in [2.05, 4.69) is 23.7 Å². The Morgan fingerprint density at radius 3 is 1.20 bits per heavy atom. The number of rotatable bonds is 11. The molecule has 0 aromatic heterocycles. The Balaban J connectivity index is 4.18. The van der Waals surface area contributed by atoms with Crippen LogP contribution in [0.1, 0.15) is 46.5 Å². The minimum Gasteiger partial charge on any atom is -0.459 e. The minimum atomic E-state index is -6.63. The van der Waals surface area contributed by atoms with Gasteiger partial charge in [-0.1, -0.05) is 6.92 Å². The summed E-state index contributed by atoms with van der Waals surface area (Å²) < 4.78 is 234. The summed E-state index contributed by atoms with van der Waals surface area (Å²) in [6.07, 6.45) is -39.1. The number of alkyl halides is 15. The number of ether oxygens (including phenoxy) is 5. The van der Waals surface area contributed by atoms with Crippen LogP contribution in [-0.2, 0) is 28.5 Å². The van der Waals surface area contributed by atoms with Crippen LogP contribution < -0.4 is 0 Å². The Kier molecular flexibility index (Phi) is 11.7. The van der Waals surface area contributed by atoms with Crippen LogP contribution in [0.4, 0.5) is 65.9 Å². The molecule has 1 aliphatic carbocycles. The molecule has 0 bridgehead atoms. The summed E-state index contributed by atoms with van der Waals surface area (Å²) in [4.78, 5) is 12.7. The van der Waals surface area contributed by atoms with Gasteiger partial charge in [0.15, 0.2) is 5.41 Å². The molecule has 21 heteroatoms. The summed E-state index contributed by atoms with van der Waals surface area (Å²) in [6, 6.07) is 0. The van der Waals surface area contributed by atoms with Gasteiger partial charge in [0.2, 0.25) is 0 Å². The minimum absolute atomic E-state index is 0.214. The quantitative estimate of drug-likeness (QED) is 0.127. The third-order valence-electron chi connectivity index (χ3n) is 7.69. The highest BCUT2D eigenvalue weighted by atomic mass is 19.4. The third kappa shape index (κ3) is 7.13. The Morgan fingerprint density at radius 1 is 0.659 bits per heavy atom. The van der Waals surface area contributed by atoms with Gasteiger partial charge in [-0.25, -0.2) is 0 Å². The van der Waals surface area contributed by atoms with Crippen LogP contribution in [0.3, 0.4) is 0 Å². The molecule has 0 spiro atoms. The fourth-order valence-corrected chi connectivity index (χ4v) is 5.25. The first kappa shape index (κ1) is 40.3. The van der Waals surface area contributed by atoms with Crippen molar-refractivity contribution < 1.29 is 94.3 Å². The molecule has 1 rings (SSSR count). The van der Waals surface area contributed by atoms with Gasteiger partial charge in [-0.05, 0) is 39.5 Å². The van der Waals surface area contributed by atoms with Crippen molar-refractivity contribution in [3.8, 4) is 0 Å². The molecule has 1 fully saturated rings. The van der Waals surface area contributed by atoms with E-state index in [0.29, 0.717) is 21.1 Å². The van der Waals surface area contributed by atoms with Gasteiger partial charge in [-0.2, -0.15) is 65.9 Å². The van der Waals surface area contributed by atoms with Crippen molar-refractivity contribution in [1.82, 2.24) is 0 Å². The maximum atomic E-state index is 14.3. The molecule has 1 aliphatic rings. The Bertz CT molecular complexity index is 890. The monoisotopic (exact) mass is 686 g/mol. The second-order valence-corrected chi connectivity index (χ2v) is 10.6. The maximum Gasteiger partial charge on any atom is 0.426 e. The van der Waals surface area contributed by atoms with E-state index in [4.69, 9.17) is 0 Å². The molecule has 0 saturated heterocycles. The lowest BCUT2D eigenvalue weighted by Crippen LogP contribution is -2.70. The molecule has 6 nitrogen and oxygen atoms in total. The Labute approximate surface area is 240 Å². The summed E-state index contributed by atoms with van der Waals surface area (Å²) in [6.45, 7) is -2.38. The van der Waals surface area contributed by atoms with Crippen molar-refractivity contribution in [3.63, 3.8) is 0 Å². The molecular weight excluding hydrogens is 657 g/mol. The summed E-state index contributed by atoms with van der Waals surface area (Å²) in [5.74, 6) is -9.37. The number of esters is 1. The summed E-state index contributed by atoms with van der Waals surface area (Å²) >= 11 is 0. The number of carbonyl (C=O) groups is 1. The van der Waals surface area contributed by atoms with Crippen molar-refractivity contribution in [3.05, 3.63) is 0 Å². The van der Waals surface area contributed by atoms with Gasteiger partial charge in [-0.15, -0.1) is 0 Å². The highest BCUT2D eigenvalue weighted by Crippen LogP contribution is 2.62. The molecule has 0 aromatic carbocycles. The number of hydrogen-bond acceptors (Lipinski definition) is 6. The molecule has 0 radical (unpaired) electrons. The molecule has 3 unspecified atom stereocenters. The molecule has 0 aliphatic heterocycles. The fourth-order valence-electron chi connectivity index (χ4n) is 5.25. The van der Waals surface area contributed by atoms with Crippen LogP contribution in [0.25, 0.3) is 0 Å².